The molecule has 0 aromatic carbocycles. The van der Waals surface area contributed by atoms with Crippen LogP contribution in [-0.2, 0) is 0 Å². The Bertz CT molecular complexity index is 115. The fourth-order valence-electron chi connectivity index (χ4n) is 0.931. The van der Waals surface area contributed by atoms with E-state index in [9.17, 15) is 0 Å². The standard InChI is InChI=1S/C7H14N2/c1-6(2)7-5-8-3-4-9-7/h8-9H,3-5H2,1-2H3. The summed E-state index contributed by atoms with van der Waals surface area (Å²) in [6, 6.07) is 0. The lowest BCUT2D eigenvalue weighted by molar-refractivity contribution is 0.592. The lowest BCUT2D eigenvalue weighted by atomic mass is 10.2. The predicted octanol–water partition coefficient (Wildman–Crippen LogP) is 0.473. The first-order valence-corrected chi connectivity index (χ1v) is 3.41. The van der Waals surface area contributed by atoms with Crippen LogP contribution in [0.15, 0.2) is 11.3 Å². The van der Waals surface area contributed by atoms with E-state index >= 15 is 0 Å². The normalized spacial score (nSPS) is 19.1. The van der Waals surface area contributed by atoms with E-state index in [1.165, 1.54) is 11.3 Å². The average molecular weight is 126 g/mol. The van der Waals surface area contributed by atoms with Gasteiger partial charge in [-0.3, -0.25) is 0 Å². The van der Waals surface area contributed by atoms with Crippen LogP contribution in [0.3, 0.4) is 0 Å². The summed E-state index contributed by atoms with van der Waals surface area (Å²) in [5.74, 6) is 0. The number of piperazine rings is 1. The van der Waals surface area contributed by atoms with Gasteiger partial charge in [-0.15, -0.1) is 0 Å². The molecule has 0 aromatic rings. The van der Waals surface area contributed by atoms with Crippen molar-refractivity contribution in [3.8, 4) is 0 Å². The lowest BCUT2D eigenvalue weighted by Gasteiger charge is -2.19. The Morgan fingerprint density at radius 1 is 1.33 bits per heavy atom. The van der Waals surface area contributed by atoms with Gasteiger partial charge < -0.3 is 10.6 Å². The third kappa shape index (κ3) is 1.72. The first-order chi connectivity index (χ1) is 4.30. The van der Waals surface area contributed by atoms with E-state index in [0.717, 1.165) is 19.6 Å². The monoisotopic (exact) mass is 126 g/mol. The van der Waals surface area contributed by atoms with Crippen molar-refractivity contribution < 1.29 is 0 Å². The Labute approximate surface area is 56.3 Å². The minimum Gasteiger partial charge on any atom is -0.386 e. The molecule has 52 valence electrons. The van der Waals surface area contributed by atoms with Gasteiger partial charge in [0.1, 0.15) is 0 Å². The molecule has 0 amide bonds. The number of allylic oxidation sites excluding steroid dienone is 1. The molecule has 2 nitrogen and oxygen atoms in total. The van der Waals surface area contributed by atoms with Gasteiger partial charge in [0.2, 0.25) is 0 Å². The van der Waals surface area contributed by atoms with Gasteiger partial charge >= 0.3 is 0 Å². The molecule has 1 heterocycles. The highest BCUT2D eigenvalue weighted by Crippen LogP contribution is 1.98. The summed E-state index contributed by atoms with van der Waals surface area (Å²) in [4.78, 5) is 0. The summed E-state index contributed by atoms with van der Waals surface area (Å²) in [6.07, 6.45) is 0. The zero-order chi connectivity index (χ0) is 6.69. The molecule has 9 heavy (non-hydrogen) atoms. The first-order valence-electron chi connectivity index (χ1n) is 3.41. The second-order valence-electron chi connectivity index (χ2n) is 2.58. The van der Waals surface area contributed by atoms with E-state index in [1.54, 1.807) is 0 Å². The summed E-state index contributed by atoms with van der Waals surface area (Å²) in [5.41, 5.74) is 2.75. The Morgan fingerprint density at radius 3 is 2.44 bits per heavy atom. The van der Waals surface area contributed by atoms with E-state index < -0.39 is 0 Å². The van der Waals surface area contributed by atoms with Gasteiger partial charge in [-0.1, -0.05) is 5.57 Å². The SMILES string of the molecule is CC(C)=C1CNCCN1. The molecular formula is C7H14N2. The maximum atomic E-state index is 3.34. The number of rotatable bonds is 0. The van der Waals surface area contributed by atoms with Crippen molar-refractivity contribution in [2.75, 3.05) is 19.6 Å². The zero-order valence-corrected chi connectivity index (χ0v) is 6.12. The van der Waals surface area contributed by atoms with Gasteiger partial charge in [0.05, 0.1) is 0 Å². The fourth-order valence-corrected chi connectivity index (χ4v) is 0.931. The molecule has 0 aromatic heterocycles. The summed E-state index contributed by atoms with van der Waals surface area (Å²) >= 11 is 0. The summed E-state index contributed by atoms with van der Waals surface area (Å²) < 4.78 is 0. The quantitative estimate of drug-likeness (QED) is 0.493. The molecule has 0 saturated carbocycles. The number of hydrogen-bond donors (Lipinski definition) is 2. The van der Waals surface area contributed by atoms with Crippen LogP contribution >= 0.6 is 0 Å². The Morgan fingerprint density at radius 2 is 2.11 bits per heavy atom. The minimum atomic E-state index is 1.02. The van der Waals surface area contributed by atoms with Gasteiger partial charge in [0, 0.05) is 25.3 Å². The largest absolute Gasteiger partial charge is 0.386 e. The zero-order valence-electron chi connectivity index (χ0n) is 6.12. The van der Waals surface area contributed by atoms with Crippen molar-refractivity contribution in [1.29, 1.82) is 0 Å². The van der Waals surface area contributed by atoms with Crippen molar-refractivity contribution in [3.05, 3.63) is 11.3 Å². The highest BCUT2D eigenvalue weighted by Gasteiger charge is 2.02. The van der Waals surface area contributed by atoms with Crippen LogP contribution in [0.2, 0.25) is 0 Å². The molecule has 0 atom stereocenters. The van der Waals surface area contributed by atoms with Gasteiger partial charge in [-0.2, -0.15) is 0 Å². The molecule has 1 saturated heterocycles. The van der Waals surface area contributed by atoms with Crippen LogP contribution in [0.5, 0.6) is 0 Å². The molecule has 0 bridgehead atoms. The van der Waals surface area contributed by atoms with Crippen LogP contribution in [0, 0.1) is 0 Å². The lowest BCUT2D eigenvalue weighted by Crippen LogP contribution is -2.38. The third-order valence-electron chi connectivity index (χ3n) is 1.55. The second kappa shape index (κ2) is 2.87. The Balaban J connectivity index is 2.49. The number of hydrogen-bond acceptors (Lipinski definition) is 2. The number of nitrogens with one attached hydrogen (secondary N) is 2. The van der Waals surface area contributed by atoms with Crippen molar-refractivity contribution >= 4 is 0 Å². The van der Waals surface area contributed by atoms with Gasteiger partial charge in [-0.05, 0) is 13.8 Å². The van der Waals surface area contributed by atoms with Crippen molar-refractivity contribution in [3.63, 3.8) is 0 Å². The molecule has 2 N–H and O–H groups in total. The smallest absolute Gasteiger partial charge is 0.0353 e. The molecule has 1 aliphatic heterocycles. The molecule has 0 radical (unpaired) electrons. The topological polar surface area (TPSA) is 24.1 Å². The van der Waals surface area contributed by atoms with Crippen LogP contribution in [0.1, 0.15) is 13.8 Å². The van der Waals surface area contributed by atoms with Gasteiger partial charge in [0.25, 0.3) is 0 Å². The van der Waals surface area contributed by atoms with E-state index in [2.05, 4.69) is 24.5 Å². The van der Waals surface area contributed by atoms with E-state index in [4.69, 9.17) is 0 Å². The summed E-state index contributed by atoms with van der Waals surface area (Å²) in [7, 11) is 0. The molecular weight excluding hydrogens is 112 g/mol. The first kappa shape index (κ1) is 6.62. The van der Waals surface area contributed by atoms with Crippen LogP contribution in [0.25, 0.3) is 0 Å². The van der Waals surface area contributed by atoms with Crippen LogP contribution < -0.4 is 10.6 Å². The molecule has 1 rings (SSSR count). The Kier molecular flexibility index (Phi) is 2.11. The highest BCUT2D eigenvalue weighted by atomic mass is 15.0. The van der Waals surface area contributed by atoms with E-state index in [0.29, 0.717) is 0 Å². The summed E-state index contributed by atoms with van der Waals surface area (Å²) in [6.45, 7) is 7.45. The maximum Gasteiger partial charge on any atom is 0.0353 e. The molecule has 0 unspecified atom stereocenters. The predicted molar refractivity (Wildman–Crippen MR) is 39.2 cm³/mol. The summed E-state index contributed by atoms with van der Waals surface area (Å²) in [5, 5.41) is 6.63. The molecule has 0 spiro atoms. The third-order valence-corrected chi connectivity index (χ3v) is 1.55. The highest BCUT2D eigenvalue weighted by molar-refractivity contribution is 5.11. The second-order valence-corrected chi connectivity index (χ2v) is 2.58. The van der Waals surface area contributed by atoms with E-state index in [-0.39, 0.29) is 0 Å². The van der Waals surface area contributed by atoms with Crippen LogP contribution in [-0.4, -0.2) is 19.6 Å². The fraction of sp³-hybridized carbons (Fsp3) is 0.714. The van der Waals surface area contributed by atoms with Crippen molar-refractivity contribution in [2.45, 2.75) is 13.8 Å². The average Bonchev–Trinajstić information content (AvgIpc) is 1.90. The van der Waals surface area contributed by atoms with Gasteiger partial charge in [0.15, 0.2) is 0 Å². The van der Waals surface area contributed by atoms with E-state index in [1.807, 2.05) is 0 Å². The molecule has 1 fully saturated rings. The molecule has 1 aliphatic rings. The molecule has 2 heteroatoms. The van der Waals surface area contributed by atoms with Crippen molar-refractivity contribution in [2.24, 2.45) is 0 Å². The van der Waals surface area contributed by atoms with Crippen molar-refractivity contribution in [1.82, 2.24) is 10.6 Å². The minimum absolute atomic E-state index is 1.02. The van der Waals surface area contributed by atoms with Crippen LogP contribution in [0.4, 0.5) is 0 Å². The maximum absolute atomic E-state index is 3.34. The Hall–Kier alpha value is -0.500. The molecule has 0 aliphatic carbocycles. The van der Waals surface area contributed by atoms with Gasteiger partial charge in [-0.25, -0.2) is 0 Å².